The van der Waals surface area contributed by atoms with Crippen molar-refractivity contribution in [1.82, 2.24) is 0 Å². The molecule has 1 atom stereocenters. The number of thioether (sulfide) groups is 1. The van der Waals surface area contributed by atoms with Crippen molar-refractivity contribution in [2.45, 2.75) is 25.5 Å². The SMILES string of the molecule is CCc1ccccc1NC(=O)CSC(C)c1ccccc1. The highest BCUT2D eigenvalue weighted by atomic mass is 32.2. The van der Waals surface area contributed by atoms with Crippen LogP contribution in [-0.4, -0.2) is 11.7 Å². The van der Waals surface area contributed by atoms with E-state index in [1.807, 2.05) is 36.4 Å². The van der Waals surface area contributed by atoms with Gasteiger partial charge in [-0.1, -0.05) is 55.5 Å². The minimum absolute atomic E-state index is 0.0590. The predicted molar refractivity (Wildman–Crippen MR) is 91.8 cm³/mol. The number of carbonyl (C=O) groups is 1. The smallest absolute Gasteiger partial charge is 0.234 e. The van der Waals surface area contributed by atoms with Gasteiger partial charge in [0.1, 0.15) is 0 Å². The summed E-state index contributed by atoms with van der Waals surface area (Å²) in [5, 5.41) is 3.33. The lowest BCUT2D eigenvalue weighted by Crippen LogP contribution is -2.15. The second-order valence-electron chi connectivity index (χ2n) is 4.92. The predicted octanol–water partition coefficient (Wildman–Crippen LogP) is 4.68. The van der Waals surface area contributed by atoms with Crippen LogP contribution in [0.1, 0.15) is 30.2 Å². The number of benzene rings is 2. The molecule has 2 rings (SSSR count). The van der Waals surface area contributed by atoms with Crippen molar-refractivity contribution >= 4 is 23.4 Å². The molecular formula is C18H21NOS. The Morgan fingerprint density at radius 1 is 1.10 bits per heavy atom. The van der Waals surface area contributed by atoms with E-state index in [1.165, 1.54) is 11.1 Å². The maximum absolute atomic E-state index is 12.1. The minimum atomic E-state index is 0.0590. The lowest BCUT2D eigenvalue weighted by atomic mass is 10.1. The summed E-state index contributed by atoms with van der Waals surface area (Å²) in [7, 11) is 0. The van der Waals surface area contributed by atoms with Gasteiger partial charge in [-0.05, 0) is 30.5 Å². The van der Waals surface area contributed by atoms with E-state index in [-0.39, 0.29) is 5.91 Å². The third-order valence-corrected chi connectivity index (χ3v) is 4.61. The van der Waals surface area contributed by atoms with E-state index in [2.05, 4.69) is 37.4 Å². The van der Waals surface area contributed by atoms with Gasteiger partial charge >= 0.3 is 0 Å². The molecule has 0 fully saturated rings. The number of aryl methyl sites for hydroxylation is 1. The Kier molecular flexibility index (Phi) is 5.88. The minimum Gasteiger partial charge on any atom is -0.325 e. The molecule has 2 aromatic rings. The number of hydrogen-bond acceptors (Lipinski definition) is 2. The molecule has 0 aliphatic rings. The summed E-state index contributed by atoms with van der Waals surface area (Å²) >= 11 is 1.66. The van der Waals surface area contributed by atoms with Gasteiger partial charge < -0.3 is 5.32 Å². The normalized spacial score (nSPS) is 11.9. The third-order valence-electron chi connectivity index (χ3n) is 3.41. The first-order valence-electron chi connectivity index (χ1n) is 7.25. The standard InChI is InChI=1S/C18H21NOS/c1-3-15-9-7-8-12-17(15)19-18(20)13-21-14(2)16-10-5-4-6-11-16/h4-12,14H,3,13H2,1-2H3,(H,19,20). The first-order valence-corrected chi connectivity index (χ1v) is 8.30. The number of nitrogens with one attached hydrogen (secondary N) is 1. The summed E-state index contributed by atoms with van der Waals surface area (Å²) in [5.74, 6) is 0.525. The second-order valence-corrected chi connectivity index (χ2v) is 6.25. The van der Waals surface area contributed by atoms with Crippen LogP contribution in [0.2, 0.25) is 0 Å². The molecule has 110 valence electrons. The molecule has 2 nitrogen and oxygen atoms in total. The van der Waals surface area contributed by atoms with E-state index in [9.17, 15) is 4.79 Å². The second kappa shape index (κ2) is 7.89. The summed E-state index contributed by atoms with van der Waals surface area (Å²) < 4.78 is 0. The van der Waals surface area contributed by atoms with Crippen LogP contribution in [0.25, 0.3) is 0 Å². The fourth-order valence-electron chi connectivity index (χ4n) is 2.16. The molecule has 1 N–H and O–H groups in total. The largest absolute Gasteiger partial charge is 0.325 e. The van der Waals surface area contributed by atoms with Crippen molar-refractivity contribution < 1.29 is 4.79 Å². The van der Waals surface area contributed by atoms with Gasteiger partial charge in [-0.25, -0.2) is 0 Å². The summed E-state index contributed by atoms with van der Waals surface area (Å²) in [5.41, 5.74) is 3.36. The van der Waals surface area contributed by atoms with Crippen molar-refractivity contribution in [3.8, 4) is 0 Å². The van der Waals surface area contributed by atoms with Gasteiger partial charge in [0.25, 0.3) is 0 Å². The maximum atomic E-state index is 12.1. The van der Waals surface area contributed by atoms with Gasteiger partial charge in [0.2, 0.25) is 5.91 Å². The molecule has 0 heterocycles. The molecule has 0 bridgehead atoms. The molecular weight excluding hydrogens is 278 g/mol. The van der Waals surface area contributed by atoms with Gasteiger partial charge in [0, 0.05) is 10.9 Å². The number of amides is 1. The first-order chi connectivity index (χ1) is 10.2. The fourth-order valence-corrected chi connectivity index (χ4v) is 2.98. The van der Waals surface area contributed by atoms with Crippen LogP contribution < -0.4 is 5.32 Å². The molecule has 3 heteroatoms. The molecule has 21 heavy (non-hydrogen) atoms. The van der Waals surface area contributed by atoms with E-state index in [0.717, 1.165) is 12.1 Å². The van der Waals surface area contributed by atoms with Gasteiger partial charge in [0.05, 0.1) is 5.75 Å². The highest BCUT2D eigenvalue weighted by molar-refractivity contribution is 8.00. The highest BCUT2D eigenvalue weighted by Crippen LogP contribution is 2.27. The quantitative estimate of drug-likeness (QED) is 0.839. The molecule has 0 radical (unpaired) electrons. The Morgan fingerprint density at radius 2 is 1.76 bits per heavy atom. The van der Waals surface area contributed by atoms with Crippen LogP contribution in [-0.2, 0) is 11.2 Å². The molecule has 1 amide bonds. The Labute approximate surface area is 131 Å². The van der Waals surface area contributed by atoms with Crippen LogP contribution in [0.15, 0.2) is 54.6 Å². The zero-order chi connectivity index (χ0) is 15.1. The number of para-hydroxylation sites is 1. The van der Waals surface area contributed by atoms with Gasteiger partial charge in [-0.2, -0.15) is 0 Å². The molecule has 0 saturated heterocycles. The van der Waals surface area contributed by atoms with Crippen LogP contribution >= 0.6 is 11.8 Å². The van der Waals surface area contributed by atoms with Crippen LogP contribution in [0, 0.1) is 0 Å². The third kappa shape index (κ3) is 4.64. The average Bonchev–Trinajstić information content (AvgIpc) is 2.54. The molecule has 0 spiro atoms. The summed E-state index contributed by atoms with van der Waals surface area (Å²) in [4.78, 5) is 12.1. The topological polar surface area (TPSA) is 29.1 Å². The van der Waals surface area contributed by atoms with E-state index < -0.39 is 0 Å². The molecule has 0 saturated carbocycles. The zero-order valence-corrected chi connectivity index (χ0v) is 13.3. The molecule has 0 aliphatic heterocycles. The fraction of sp³-hybridized carbons (Fsp3) is 0.278. The number of carbonyl (C=O) groups excluding carboxylic acids is 1. The van der Waals surface area contributed by atoms with Crippen LogP contribution in [0.4, 0.5) is 5.69 Å². The van der Waals surface area contributed by atoms with E-state index >= 15 is 0 Å². The van der Waals surface area contributed by atoms with Crippen LogP contribution in [0.3, 0.4) is 0 Å². The Bertz CT molecular complexity index is 583. The van der Waals surface area contributed by atoms with E-state index in [1.54, 1.807) is 11.8 Å². The van der Waals surface area contributed by atoms with Gasteiger partial charge in [-0.3, -0.25) is 4.79 Å². The highest BCUT2D eigenvalue weighted by Gasteiger charge is 2.10. The van der Waals surface area contributed by atoms with Crippen molar-refractivity contribution in [2.75, 3.05) is 11.1 Å². The maximum Gasteiger partial charge on any atom is 0.234 e. The zero-order valence-electron chi connectivity index (χ0n) is 12.5. The molecule has 0 aromatic heterocycles. The van der Waals surface area contributed by atoms with Gasteiger partial charge in [-0.15, -0.1) is 11.8 Å². The van der Waals surface area contributed by atoms with Crippen LogP contribution in [0.5, 0.6) is 0 Å². The Hall–Kier alpha value is -1.74. The Balaban J connectivity index is 1.88. The Morgan fingerprint density at radius 3 is 2.48 bits per heavy atom. The molecule has 0 aliphatic carbocycles. The van der Waals surface area contributed by atoms with E-state index in [4.69, 9.17) is 0 Å². The number of rotatable bonds is 6. The summed E-state index contributed by atoms with van der Waals surface area (Å²) in [6, 6.07) is 18.2. The lowest BCUT2D eigenvalue weighted by molar-refractivity contribution is -0.113. The summed E-state index contributed by atoms with van der Waals surface area (Å²) in [6.45, 7) is 4.23. The van der Waals surface area contributed by atoms with Crippen molar-refractivity contribution in [1.29, 1.82) is 0 Å². The molecule has 2 aromatic carbocycles. The van der Waals surface area contributed by atoms with Gasteiger partial charge in [0.15, 0.2) is 0 Å². The van der Waals surface area contributed by atoms with Crippen molar-refractivity contribution in [3.63, 3.8) is 0 Å². The molecule has 1 unspecified atom stereocenters. The number of anilines is 1. The summed E-state index contributed by atoms with van der Waals surface area (Å²) in [6.07, 6.45) is 0.921. The van der Waals surface area contributed by atoms with Crippen molar-refractivity contribution in [2.24, 2.45) is 0 Å². The average molecular weight is 299 g/mol. The first kappa shape index (κ1) is 15.6. The van der Waals surface area contributed by atoms with Crippen molar-refractivity contribution in [3.05, 3.63) is 65.7 Å². The van der Waals surface area contributed by atoms with E-state index in [0.29, 0.717) is 11.0 Å². The monoisotopic (exact) mass is 299 g/mol. The lowest BCUT2D eigenvalue weighted by Gasteiger charge is -2.13. The number of hydrogen-bond donors (Lipinski definition) is 1.